The zero-order valence-corrected chi connectivity index (χ0v) is 25.4. The van der Waals surface area contributed by atoms with Crippen LogP contribution < -0.4 is 15.5 Å². The topological polar surface area (TPSA) is 78.5 Å². The summed E-state index contributed by atoms with van der Waals surface area (Å²) < 4.78 is 13.5. The molecule has 1 heterocycles. The number of amides is 3. The number of nitrogens with zero attached hydrogens (tertiary/aromatic N) is 1. The van der Waals surface area contributed by atoms with Crippen LogP contribution in [0.25, 0.3) is 6.08 Å². The van der Waals surface area contributed by atoms with Gasteiger partial charge in [0, 0.05) is 25.9 Å². The van der Waals surface area contributed by atoms with Gasteiger partial charge in [-0.05, 0) is 78.4 Å². The molecule has 0 fully saturated rings. The van der Waals surface area contributed by atoms with Crippen LogP contribution in [0.1, 0.15) is 15.9 Å². The zero-order valence-electron chi connectivity index (χ0n) is 23.8. The zero-order chi connectivity index (χ0) is 31.2. The van der Waals surface area contributed by atoms with Gasteiger partial charge in [0.1, 0.15) is 11.5 Å². The summed E-state index contributed by atoms with van der Waals surface area (Å²) >= 11 is 3.01. The third-order valence-electron chi connectivity index (χ3n) is 6.85. The van der Waals surface area contributed by atoms with Gasteiger partial charge in [-0.15, -0.1) is 11.8 Å². The van der Waals surface area contributed by atoms with Crippen molar-refractivity contribution in [3.63, 3.8) is 0 Å². The molecule has 1 aliphatic heterocycles. The Morgan fingerprint density at radius 2 is 1.40 bits per heavy atom. The van der Waals surface area contributed by atoms with Gasteiger partial charge in [-0.2, -0.15) is 0 Å². The highest BCUT2D eigenvalue weighted by Gasteiger charge is 2.27. The normalized spacial score (nSPS) is 12.1. The van der Waals surface area contributed by atoms with Gasteiger partial charge in [-0.25, -0.2) is 4.39 Å². The van der Waals surface area contributed by atoms with E-state index in [1.165, 1.54) is 42.1 Å². The molecule has 5 aromatic carbocycles. The molecule has 2 N–H and O–H groups in total. The Kier molecular flexibility index (Phi) is 9.09. The van der Waals surface area contributed by atoms with Crippen LogP contribution >= 0.6 is 23.5 Å². The fourth-order valence-corrected chi connectivity index (χ4v) is 6.58. The van der Waals surface area contributed by atoms with Crippen molar-refractivity contribution in [2.24, 2.45) is 0 Å². The number of benzene rings is 5. The molecule has 5 aromatic rings. The lowest BCUT2D eigenvalue weighted by Gasteiger charge is -2.31. The van der Waals surface area contributed by atoms with Crippen molar-refractivity contribution < 1.29 is 18.8 Å². The van der Waals surface area contributed by atoms with E-state index in [9.17, 15) is 18.8 Å². The van der Waals surface area contributed by atoms with Crippen molar-refractivity contribution in [1.29, 1.82) is 0 Å². The summed E-state index contributed by atoms with van der Waals surface area (Å²) in [6.07, 6.45) is 1.49. The van der Waals surface area contributed by atoms with Crippen LogP contribution in [-0.2, 0) is 9.59 Å². The van der Waals surface area contributed by atoms with Gasteiger partial charge in [-0.1, -0.05) is 72.4 Å². The van der Waals surface area contributed by atoms with Crippen LogP contribution in [0, 0.1) is 5.82 Å². The summed E-state index contributed by atoms with van der Waals surface area (Å²) in [7, 11) is 0. The molecule has 0 saturated heterocycles. The molecular weight excluding hydrogens is 606 g/mol. The molecular formula is C36H26FN3O3S2. The fraction of sp³-hybridized carbons (Fsp3) is 0.0278. The number of rotatable bonds is 8. The van der Waals surface area contributed by atoms with Crippen LogP contribution in [0.5, 0.6) is 0 Å². The number of carbonyl (C=O) groups is 3. The third-order valence-corrected chi connectivity index (χ3v) is 8.95. The average Bonchev–Trinajstić information content (AvgIpc) is 3.07. The van der Waals surface area contributed by atoms with E-state index in [-0.39, 0.29) is 17.4 Å². The number of carbonyl (C=O) groups excluding carboxylic acids is 3. The summed E-state index contributed by atoms with van der Waals surface area (Å²) in [4.78, 5) is 44.5. The molecule has 0 saturated carbocycles. The number of nitrogens with one attached hydrogen (secondary N) is 2. The second-order valence-corrected chi connectivity index (χ2v) is 12.1. The van der Waals surface area contributed by atoms with Crippen LogP contribution in [0.2, 0.25) is 0 Å². The minimum Gasteiger partial charge on any atom is -0.321 e. The summed E-state index contributed by atoms with van der Waals surface area (Å²) in [5.74, 6) is -1.31. The standard InChI is InChI=1S/C36H26FN3O3S2/c37-26-19-17-24(18-20-26)21-29(39-35(42)25-9-2-1-3-10-25)36(43)38-27-11-8-12-28(22-27)44-23-34(41)40-30-13-4-6-15-32(30)45-33-16-7-5-14-31(33)40/h1-22H,23H2,(H,38,43)(H,39,42)/b29-21-. The maximum absolute atomic E-state index is 13.6. The molecule has 1 aliphatic rings. The molecule has 3 amide bonds. The Balaban J connectivity index is 1.18. The van der Waals surface area contributed by atoms with Crippen molar-refractivity contribution in [1.82, 2.24) is 5.32 Å². The van der Waals surface area contributed by atoms with Crippen LogP contribution in [0.15, 0.2) is 148 Å². The fourth-order valence-electron chi connectivity index (χ4n) is 4.71. The van der Waals surface area contributed by atoms with Crippen LogP contribution in [0.3, 0.4) is 0 Å². The van der Waals surface area contributed by atoms with E-state index in [2.05, 4.69) is 10.6 Å². The van der Waals surface area contributed by atoms with Gasteiger partial charge in [0.2, 0.25) is 5.91 Å². The molecule has 0 unspecified atom stereocenters. The minimum absolute atomic E-state index is 0.0102. The number of anilines is 3. The quantitative estimate of drug-likeness (QED) is 0.134. The van der Waals surface area contributed by atoms with Gasteiger partial charge < -0.3 is 10.6 Å². The SMILES string of the molecule is O=C(Nc1cccc(SCC(=O)N2c3ccccc3Sc3ccccc32)c1)/C(=C/c1ccc(F)cc1)NC(=O)c1ccccc1. The first-order chi connectivity index (χ1) is 21.9. The molecule has 6 nitrogen and oxygen atoms in total. The monoisotopic (exact) mass is 631 g/mol. The van der Waals surface area contributed by atoms with Crippen molar-refractivity contribution >= 4 is 64.4 Å². The van der Waals surface area contributed by atoms with E-state index in [1.54, 1.807) is 65.2 Å². The molecule has 0 radical (unpaired) electrons. The largest absolute Gasteiger partial charge is 0.321 e. The summed E-state index contributed by atoms with van der Waals surface area (Å²) in [5, 5.41) is 5.52. The summed E-state index contributed by atoms with van der Waals surface area (Å²) in [6, 6.07) is 37.0. The van der Waals surface area contributed by atoms with Gasteiger partial charge in [0.15, 0.2) is 0 Å². The molecule has 0 bridgehead atoms. The third kappa shape index (κ3) is 7.17. The van der Waals surface area contributed by atoms with E-state index in [1.807, 2.05) is 54.6 Å². The highest BCUT2D eigenvalue weighted by Crippen LogP contribution is 2.48. The van der Waals surface area contributed by atoms with Crippen LogP contribution in [0.4, 0.5) is 21.5 Å². The van der Waals surface area contributed by atoms with E-state index >= 15 is 0 Å². The number of fused-ring (bicyclic) bond motifs is 2. The average molecular weight is 632 g/mol. The number of thioether (sulfide) groups is 1. The number of para-hydroxylation sites is 2. The molecule has 222 valence electrons. The predicted molar refractivity (Wildman–Crippen MR) is 178 cm³/mol. The number of hydrogen-bond donors (Lipinski definition) is 2. The molecule has 0 aliphatic carbocycles. The van der Waals surface area contributed by atoms with Crippen molar-refractivity contribution in [2.75, 3.05) is 16.0 Å². The molecule has 0 aromatic heterocycles. The molecule has 0 spiro atoms. The lowest BCUT2D eigenvalue weighted by Crippen LogP contribution is -2.30. The first-order valence-corrected chi connectivity index (χ1v) is 15.8. The second kappa shape index (κ2) is 13.7. The van der Waals surface area contributed by atoms with E-state index in [0.717, 1.165) is 26.1 Å². The molecule has 45 heavy (non-hydrogen) atoms. The molecule has 9 heteroatoms. The Labute approximate surface area is 268 Å². The lowest BCUT2D eigenvalue weighted by molar-refractivity contribution is -0.115. The predicted octanol–water partition coefficient (Wildman–Crippen LogP) is 8.16. The van der Waals surface area contributed by atoms with Gasteiger partial charge in [0.05, 0.1) is 17.1 Å². The second-order valence-electron chi connectivity index (χ2n) is 9.97. The molecule has 0 atom stereocenters. The van der Waals surface area contributed by atoms with Crippen molar-refractivity contribution in [3.05, 3.63) is 150 Å². The first-order valence-electron chi connectivity index (χ1n) is 14.0. The lowest BCUT2D eigenvalue weighted by atomic mass is 10.1. The van der Waals surface area contributed by atoms with Gasteiger partial charge in [-0.3, -0.25) is 19.3 Å². The van der Waals surface area contributed by atoms with Crippen LogP contribution in [-0.4, -0.2) is 23.5 Å². The number of hydrogen-bond acceptors (Lipinski definition) is 5. The van der Waals surface area contributed by atoms with Gasteiger partial charge in [0.25, 0.3) is 11.8 Å². The summed E-state index contributed by atoms with van der Waals surface area (Å²) in [6.45, 7) is 0. The first kappa shape index (κ1) is 29.9. The smallest absolute Gasteiger partial charge is 0.272 e. The Morgan fingerprint density at radius 3 is 2.09 bits per heavy atom. The highest BCUT2D eigenvalue weighted by molar-refractivity contribution is 8.00. The number of halogens is 1. The van der Waals surface area contributed by atoms with E-state index in [4.69, 9.17) is 0 Å². The van der Waals surface area contributed by atoms with Gasteiger partial charge >= 0.3 is 0 Å². The summed E-state index contributed by atoms with van der Waals surface area (Å²) in [5.41, 5.74) is 3.11. The Hall–Kier alpha value is -5.12. The maximum atomic E-state index is 13.6. The minimum atomic E-state index is -0.555. The van der Waals surface area contributed by atoms with E-state index < -0.39 is 17.6 Å². The Morgan fingerprint density at radius 1 is 0.756 bits per heavy atom. The molecule has 6 rings (SSSR count). The van der Waals surface area contributed by atoms with Crippen molar-refractivity contribution in [2.45, 2.75) is 14.7 Å². The van der Waals surface area contributed by atoms with Crippen molar-refractivity contribution in [3.8, 4) is 0 Å². The van der Waals surface area contributed by atoms with E-state index in [0.29, 0.717) is 16.8 Å². The highest BCUT2D eigenvalue weighted by atomic mass is 32.2. The maximum Gasteiger partial charge on any atom is 0.272 e. The Bertz CT molecular complexity index is 1870.